The largest absolute Gasteiger partial charge is 0.496 e. The van der Waals surface area contributed by atoms with E-state index in [1.165, 1.54) is 6.42 Å². The summed E-state index contributed by atoms with van der Waals surface area (Å²) in [6, 6.07) is 6.03. The highest BCUT2D eigenvalue weighted by Crippen LogP contribution is 2.32. The van der Waals surface area contributed by atoms with Crippen LogP contribution >= 0.6 is 0 Å². The van der Waals surface area contributed by atoms with E-state index in [-0.39, 0.29) is 0 Å². The number of hydrogen-bond acceptors (Lipinski definition) is 4. The van der Waals surface area contributed by atoms with Gasteiger partial charge in [0.25, 0.3) is 0 Å². The molecule has 0 aromatic heterocycles. The maximum absolute atomic E-state index is 11.8. The number of hydrogen-bond donors (Lipinski definition) is 2. The molecule has 1 atom stereocenters. The Morgan fingerprint density at radius 1 is 1.38 bits per heavy atom. The first-order chi connectivity index (χ1) is 9.89. The minimum Gasteiger partial charge on any atom is -0.496 e. The van der Waals surface area contributed by atoms with Crippen molar-refractivity contribution in [1.82, 2.24) is 5.32 Å². The van der Waals surface area contributed by atoms with Crippen LogP contribution in [0, 0.1) is 0 Å². The van der Waals surface area contributed by atoms with Gasteiger partial charge in [-0.3, -0.25) is 5.32 Å². The molecule has 1 aromatic carbocycles. The SMILES string of the molecule is COc1cc(NC(=O)OC(C)(C)C)ccc1C1CCCN1. The van der Waals surface area contributed by atoms with Crippen LogP contribution < -0.4 is 15.4 Å². The molecular weight excluding hydrogens is 268 g/mol. The second kappa shape index (κ2) is 6.35. The lowest BCUT2D eigenvalue weighted by Crippen LogP contribution is -2.27. The first-order valence-electron chi connectivity index (χ1n) is 7.30. The van der Waals surface area contributed by atoms with Gasteiger partial charge in [-0.15, -0.1) is 0 Å². The fourth-order valence-electron chi connectivity index (χ4n) is 2.45. The summed E-state index contributed by atoms with van der Waals surface area (Å²) in [7, 11) is 1.64. The van der Waals surface area contributed by atoms with E-state index in [9.17, 15) is 4.79 Å². The number of methoxy groups -OCH3 is 1. The number of nitrogens with one attached hydrogen (secondary N) is 2. The van der Waals surface area contributed by atoms with Crippen molar-refractivity contribution in [2.45, 2.75) is 45.3 Å². The second-order valence-corrected chi connectivity index (χ2v) is 6.23. The van der Waals surface area contributed by atoms with Crippen LogP contribution in [-0.4, -0.2) is 25.3 Å². The van der Waals surface area contributed by atoms with Crippen molar-refractivity contribution in [2.75, 3.05) is 19.0 Å². The molecule has 1 amide bonds. The molecule has 0 saturated carbocycles. The summed E-state index contributed by atoms with van der Waals surface area (Å²) in [4.78, 5) is 11.8. The van der Waals surface area contributed by atoms with Crippen molar-refractivity contribution >= 4 is 11.8 Å². The van der Waals surface area contributed by atoms with E-state index >= 15 is 0 Å². The summed E-state index contributed by atoms with van der Waals surface area (Å²) in [5, 5.41) is 6.18. The van der Waals surface area contributed by atoms with Gasteiger partial charge in [-0.2, -0.15) is 0 Å². The van der Waals surface area contributed by atoms with E-state index < -0.39 is 11.7 Å². The molecule has 2 N–H and O–H groups in total. The minimum atomic E-state index is -0.512. The fourth-order valence-corrected chi connectivity index (χ4v) is 2.45. The van der Waals surface area contributed by atoms with E-state index in [0.717, 1.165) is 24.3 Å². The molecule has 0 radical (unpaired) electrons. The summed E-state index contributed by atoms with van der Waals surface area (Å²) in [6.45, 7) is 6.54. The second-order valence-electron chi connectivity index (χ2n) is 6.23. The van der Waals surface area contributed by atoms with Crippen molar-refractivity contribution < 1.29 is 14.3 Å². The number of carbonyl (C=O) groups is 1. The average Bonchev–Trinajstić information content (AvgIpc) is 2.89. The molecule has 116 valence electrons. The Kier molecular flexibility index (Phi) is 4.73. The summed E-state index contributed by atoms with van der Waals surface area (Å²) in [6.07, 6.45) is 1.82. The number of ether oxygens (including phenoxy) is 2. The summed E-state index contributed by atoms with van der Waals surface area (Å²) in [5.41, 5.74) is 1.29. The predicted molar refractivity (Wildman–Crippen MR) is 82.8 cm³/mol. The van der Waals surface area contributed by atoms with Crippen molar-refractivity contribution in [3.63, 3.8) is 0 Å². The van der Waals surface area contributed by atoms with Crippen molar-refractivity contribution in [2.24, 2.45) is 0 Å². The molecule has 0 aliphatic carbocycles. The van der Waals surface area contributed by atoms with Crippen LogP contribution in [0.2, 0.25) is 0 Å². The van der Waals surface area contributed by atoms with Gasteiger partial charge in [0.2, 0.25) is 0 Å². The maximum atomic E-state index is 11.8. The van der Waals surface area contributed by atoms with Crippen molar-refractivity contribution in [1.29, 1.82) is 0 Å². The zero-order valence-corrected chi connectivity index (χ0v) is 13.2. The Bertz CT molecular complexity index is 503. The number of rotatable bonds is 3. The third kappa shape index (κ3) is 4.36. The van der Waals surface area contributed by atoms with E-state index in [2.05, 4.69) is 10.6 Å². The van der Waals surface area contributed by atoms with Crippen LogP contribution in [0.3, 0.4) is 0 Å². The predicted octanol–water partition coefficient (Wildman–Crippen LogP) is 3.47. The monoisotopic (exact) mass is 292 g/mol. The van der Waals surface area contributed by atoms with Crippen LogP contribution in [0.4, 0.5) is 10.5 Å². The smallest absolute Gasteiger partial charge is 0.412 e. The summed E-state index contributed by atoms with van der Waals surface area (Å²) in [5.74, 6) is 0.781. The molecule has 1 saturated heterocycles. The van der Waals surface area contributed by atoms with Gasteiger partial charge in [-0.1, -0.05) is 6.07 Å². The summed E-state index contributed by atoms with van der Waals surface area (Å²) < 4.78 is 10.7. The van der Waals surface area contributed by atoms with Gasteiger partial charge in [-0.05, 0) is 46.2 Å². The Balaban J connectivity index is 2.09. The van der Waals surface area contributed by atoms with Crippen LogP contribution in [0.15, 0.2) is 18.2 Å². The zero-order valence-electron chi connectivity index (χ0n) is 13.2. The highest BCUT2D eigenvalue weighted by atomic mass is 16.6. The highest BCUT2D eigenvalue weighted by Gasteiger charge is 2.21. The molecule has 21 heavy (non-hydrogen) atoms. The molecule has 1 unspecified atom stereocenters. The Morgan fingerprint density at radius 3 is 2.71 bits per heavy atom. The molecule has 5 heteroatoms. The first-order valence-corrected chi connectivity index (χ1v) is 7.30. The third-order valence-corrected chi connectivity index (χ3v) is 3.31. The van der Waals surface area contributed by atoms with Crippen LogP contribution in [0.25, 0.3) is 0 Å². The van der Waals surface area contributed by atoms with Crippen molar-refractivity contribution in [3.8, 4) is 5.75 Å². The van der Waals surface area contributed by atoms with E-state index in [1.807, 2.05) is 39.0 Å². The van der Waals surface area contributed by atoms with Gasteiger partial charge in [-0.25, -0.2) is 4.79 Å². The van der Waals surface area contributed by atoms with E-state index in [4.69, 9.17) is 9.47 Å². The van der Waals surface area contributed by atoms with Gasteiger partial charge < -0.3 is 14.8 Å². The van der Waals surface area contributed by atoms with Gasteiger partial charge in [0.1, 0.15) is 11.4 Å². The fraction of sp³-hybridized carbons (Fsp3) is 0.562. The number of anilines is 1. The van der Waals surface area contributed by atoms with Gasteiger partial charge in [0, 0.05) is 23.4 Å². The maximum Gasteiger partial charge on any atom is 0.412 e. The minimum absolute atomic E-state index is 0.329. The topological polar surface area (TPSA) is 59.6 Å². The quantitative estimate of drug-likeness (QED) is 0.895. The lowest BCUT2D eigenvalue weighted by molar-refractivity contribution is 0.0636. The lowest BCUT2D eigenvalue weighted by Gasteiger charge is -2.20. The van der Waals surface area contributed by atoms with Crippen LogP contribution in [0.5, 0.6) is 5.75 Å². The van der Waals surface area contributed by atoms with Gasteiger partial charge >= 0.3 is 6.09 Å². The number of carbonyl (C=O) groups excluding carboxylic acids is 1. The molecule has 5 nitrogen and oxygen atoms in total. The summed E-state index contributed by atoms with van der Waals surface area (Å²) >= 11 is 0. The Morgan fingerprint density at radius 2 is 2.14 bits per heavy atom. The highest BCUT2D eigenvalue weighted by molar-refractivity contribution is 5.85. The Labute approximate surface area is 126 Å². The average molecular weight is 292 g/mol. The molecule has 1 aliphatic rings. The number of amides is 1. The van der Waals surface area contributed by atoms with Crippen LogP contribution in [0.1, 0.15) is 45.2 Å². The molecule has 1 aromatic rings. The van der Waals surface area contributed by atoms with Crippen molar-refractivity contribution in [3.05, 3.63) is 23.8 Å². The first kappa shape index (κ1) is 15.6. The molecule has 1 heterocycles. The molecule has 0 spiro atoms. The van der Waals surface area contributed by atoms with Gasteiger partial charge in [0.05, 0.1) is 7.11 Å². The van der Waals surface area contributed by atoms with E-state index in [1.54, 1.807) is 7.11 Å². The number of benzene rings is 1. The standard InChI is InChI=1S/C16H24N2O3/c1-16(2,3)21-15(19)18-11-7-8-12(14(10-11)20-4)13-6-5-9-17-13/h7-8,10,13,17H,5-6,9H2,1-4H3,(H,18,19). The molecule has 0 bridgehead atoms. The molecule has 1 fully saturated rings. The van der Waals surface area contributed by atoms with Gasteiger partial charge in [0.15, 0.2) is 0 Å². The normalized spacial score (nSPS) is 18.4. The molecule has 2 rings (SSSR count). The molecular formula is C16H24N2O3. The molecule has 1 aliphatic heterocycles. The third-order valence-electron chi connectivity index (χ3n) is 3.31. The van der Waals surface area contributed by atoms with E-state index in [0.29, 0.717) is 11.7 Å². The van der Waals surface area contributed by atoms with Crippen LogP contribution in [-0.2, 0) is 4.74 Å². The Hall–Kier alpha value is -1.75. The zero-order chi connectivity index (χ0) is 15.5. The lowest BCUT2D eigenvalue weighted by atomic mass is 10.0.